The molecule has 2 aromatic carbocycles. The maximum atomic E-state index is 12.2. The van der Waals surface area contributed by atoms with E-state index in [0.717, 1.165) is 36.3 Å². The summed E-state index contributed by atoms with van der Waals surface area (Å²) in [5.41, 5.74) is 2.85. The fraction of sp³-hybridized carbons (Fsp3) is 0.381. The number of rotatable bonds is 11. The van der Waals surface area contributed by atoms with Crippen LogP contribution in [-0.2, 0) is 11.3 Å². The predicted octanol–water partition coefficient (Wildman–Crippen LogP) is 2.72. The third kappa shape index (κ3) is 6.92. The molecule has 2 aromatic rings. The van der Waals surface area contributed by atoms with Crippen LogP contribution in [0, 0.1) is 6.92 Å². The van der Waals surface area contributed by atoms with E-state index in [1.54, 1.807) is 7.11 Å². The molecule has 0 aliphatic carbocycles. The van der Waals surface area contributed by atoms with Crippen LogP contribution in [0.3, 0.4) is 0 Å². The van der Waals surface area contributed by atoms with E-state index in [0.29, 0.717) is 18.0 Å². The van der Waals surface area contributed by atoms with Crippen LogP contribution in [0.5, 0.6) is 11.5 Å². The van der Waals surface area contributed by atoms with Gasteiger partial charge in [0.15, 0.2) is 18.1 Å². The normalized spacial score (nSPS) is 10.5. The number of hydrogen-bond donors (Lipinski definition) is 3. The van der Waals surface area contributed by atoms with Gasteiger partial charge in [-0.2, -0.15) is 0 Å². The molecule has 0 unspecified atom stereocenters. The van der Waals surface area contributed by atoms with Crippen molar-refractivity contribution in [2.75, 3.05) is 39.2 Å². The highest BCUT2D eigenvalue weighted by Crippen LogP contribution is 2.31. The van der Waals surface area contributed by atoms with Gasteiger partial charge in [0.2, 0.25) is 0 Å². The minimum absolute atomic E-state index is 0.0823. The summed E-state index contributed by atoms with van der Waals surface area (Å²) < 4.78 is 11.2. The van der Waals surface area contributed by atoms with Crippen LogP contribution < -0.4 is 25.4 Å². The fourth-order valence-electron chi connectivity index (χ4n) is 2.61. The molecule has 0 atom stereocenters. The van der Waals surface area contributed by atoms with Crippen LogP contribution in [0.25, 0.3) is 0 Å². The summed E-state index contributed by atoms with van der Waals surface area (Å²) >= 11 is 0. The van der Waals surface area contributed by atoms with Gasteiger partial charge < -0.3 is 25.4 Å². The topological polar surface area (TPSA) is 71.6 Å². The van der Waals surface area contributed by atoms with Gasteiger partial charge >= 0.3 is 0 Å². The fourth-order valence-corrected chi connectivity index (χ4v) is 2.61. The Morgan fingerprint density at radius 1 is 1.07 bits per heavy atom. The van der Waals surface area contributed by atoms with Crippen LogP contribution in [0.4, 0.5) is 5.69 Å². The molecule has 0 saturated heterocycles. The van der Waals surface area contributed by atoms with Crippen molar-refractivity contribution >= 4 is 11.6 Å². The van der Waals surface area contributed by atoms with Gasteiger partial charge in [0.05, 0.1) is 7.11 Å². The van der Waals surface area contributed by atoms with E-state index in [4.69, 9.17) is 9.47 Å². The molecule has 0 aliphatic rings. The summed E-state index contributed by atoms with van der Waals surface area (Å²) in [6.07, 6.45) is 1.04. The van der Waals surface area contributed by atoms with E-state index in [1.807, 2.05) is 56.4 Å². The molecular weight excluding hydrogens is 342 g/mol. The standard InChI is InChI=1S/C21H29N3O3/c1-16-8-10-18(11-9-16)24-20(25)15-27-21-17(6-4-7-19(21)26-3)14-23-13-5-12-22-2/h4,6-11,22-23H,5,12-15H2,1-3H3,(H,24,25). The molecule has 0 aromatic heterocycles. The molecule has 146 valence electrons. The Morgan fingerprint density at radius 2 is 1.85 bits per heavy atom. The summed E-state index contributed by atoms with van der Waals surface area (Å²) in [5, 5.41) is 9.34. The molecule has 0 bridgehead atoms. The van der Waals surface area contributed by atoms with Crippen molar-refractivity contribution in [3.8, 4) is 11.5 Å². The lowest BCUT2D eigenvalue weighted by Gasteiger charge is -2.15. The average Bonchev–Trinajstić information content (AvgIpc) is 2.68. The van der Waals surface area contributed by atoms with Crippen LogP contribution in [0.2, 0.25) is 0 Å². The zero-order valence-corrected chi connectivity index (χ0v) is 16.3. The van der Waals surface area contributed by atoms with Gasteiger partial charge in [-0.15, -0.1) is 0 Å². The first-order valence-electron chi connectivity index (χ1n) is 9.14. The van der Waals surface area contributed by atoms with Crippen LogP contribution >= 0.6 is 0 Å². The second-order valence-electron chi connectivity index (χ2n) is 6.29. The highest BCUT2D eigenvalue weighted by Gasteiger charge is 2.12. The summed E-state index contributed by atoms with van der Waals surface area (Å²) in [6.45, 7) is 4.43. The van der Waals surface area contributed by atoms with Crippen molar-refractivity contribution in [3.05, 3.63) is 53.6 Å². The van der Waals surface area contributed by atoms with E-state index in [-0.39, 0.29) is 12.5 Å². The van der Waals surface area contributed by atoms with Crippen LogP contribution in [-0.4, -0.2) is 39.8 Å². The second-order valence-corrected chi connectivity index (χ2v) is 6.29. The lowest BCUT2D eigenvalue weighted by Crippen LogP contribution is -2.22. The number of anilines is 1. The highest BCUT2D eigenvalue weighted by atomic mass is 16.5. The van der Waals surface area contributed by atoms with Gasteiger partial charge in [0, 0.05) is 17.8 Å². The van der Waals surface area contributed by atoms with Crippen molar-refractivity contribution in [2.45, 2.75) is 19.9 Å². The molecule has 1 amide bonds. The zero-order chi connectivity index (χ0) is 19.5. The minimum atomic E-state index is -0.210. The van der Waals surface area contributed by atoms with Gasteiger partial charge in [0.25, 0.3) is 5.91 Å². The number of methoxy groups -OCH3 is 1. The zero-order valence-electron chi connectivity index (χ0n) is 16.3. The molecule has 0 fully saturated rings. The summed E-state index contributed by atoms with van der Waals surface area (Å²) in [6, 6.07) is 13.4. The quantitative estimate of drug-likeness (QED) is 0.530. The molecule has 0 radical (unpaired) electrons. The van der Waals surface area contributed by atoms with Crippen molar-refractivity contribution in [1.82, 2.24) is 10.6 Å². The van der Waals surface area contributed by atoms with Gasteiger partial charge in [-0.05, 0) is 51.7 Å². The number of ether oxygens (including phenoxy) is 2. The number of benzene rings is 2. The van der Waals surface area contributed by atoms with Gasteiger partial charge in [0.1, 0.15) is 0 Å². The number of carbonyl (C=O) groups is 1. The molecule has 0 aliphatic heterocycles. The van der Waals surface area contributed by atoms with E-state index < -0.39 is 0 Å². The van der Waals surface area contributed by atoms with Gasteiger partial charge in [-0.25, -0.2) is 0 Å². The van der Waals surface area contributed by atoms with E-state index >= 15 is 0 Å². The molecule has 0 saturated carbocycles. The molecule has 0 spiro atoms. The SMILES string of the molecule is CNCCCNCc1cccc(OC)c1OCC(=O)Nc1ccc(C)cc1. The Labute approximate surface area is 161 Å². The van der Waals surface area contributed by atoms with E-state index in [2.05, 4.69) is 16.0 Å². The molecule has 6 nitrogen and oxygen atoms in total. The largest absolute Gasteiger partial charge is 0.493 e. The summed E-state index contributed by atoms with van der Waals surface area (Å²) in [4.78, 5) is 12.2. The average molecular weight is 371 g/mol. The van der Waals surface area contributed by atoms with Gasteiger partial charge in [-0.3, -0.25) is 4.79 Å². The van der Waals surface area contributed by atoms with Crippen molar-refractivity contribution in [3.63, 3.8) is 0 Å². The smallest absolute Gasteiger partial charge is 0.262 e. The Hall–Kier alpha value is -2.57. The predicted molar refractivity (Wildman–Crippen MR) is 109 cm³/mol. The van der Waals surface area contributed by atoms with Crippen molar-refractivity contribution < 1.29 is 14.3 Å². The number of nitrogens with one attached hydrogen (secondary N) is 3. The Kier molecular flexibility index (Phi) is 8.61. The molecule has 3 N–H and O–H groups in total. The van der Waals surface area contributed by atoms with Crippen molar-refractivity contribution in [1.29, 1.82) is 0 Å². The summed E-state index contributed by atoms with van der Waals surface area (Å²) in [5.74, 6) is 1.01. The Balaban J connectivity index is 1.94. The van der Waals surface area contributed by atoms with Gasteiger partial charge in [-0.1, -0.05) is 29.8 Å². The minimum Gasteiger partial charge on any atom is -0.493 e. The number of hydrogen-bond acceptors (Lipinski definition) is 5. The van der Waals surface area contributed by atoms with Crippen LogP contribution in [0.1, 0.15) is 17.5 Å². The molecule has 27 heavy (non-hydrogen) atoms. The first-order chi connectivity index (χ1) is 13.1. The Bertz CT molecular complexity index is 717. The number of para-hydroxylation sites is 1. The highest BCUT2D eigenvalue weighted by molar-refractivity contribution is 5.91. The molecule has 2 rings (SSSR count). The third-order valence-corrected chi connectivity index (χ3v) is 4.06. The lowest BCUT2D eigenvalue weighted by molar-refractivity contribution is -0.118. The Morgan fingerprint density at radius 3 is 2.56 bits per heavy atom. The maximum absolute atomic E-state index is 12.2. The summed E-state index contributed by atoms with van der Waals surface area (Å²) in [7, 11) is 3.54. The van der Waals surface area contributed by atoms with Crippen molar-refractivity contribution in [2.24, 2.45) is 0 Å². The van der Waals surface area contributed by atoms with E-state index in [1.165, 1.54) is 0 Å². The first-order valence-corrected chi connectivity index (χ1v) is 9.14. The molecular formula is C21H29N3O3. The number of amides is 1. The monoisotopic (exact) mass is 371 g/mol. The second kappa shape index (κ2) is 11.2. The first kappa shape index (κ1) is 20.7. The molecule has 0 heterocycles. The lowest BCUT2D eigenvalue weighted by atomic mass is 10.2. The number of aryl methyl sites for hydroxylation is 1. The van der Waals surface area contributed by atoms with Crippen LogP contribution in [0.15, 0.2) is 42.5 Å². The number of carbonyl (C=O) groups excluding carboxylic acids is 1. The maximum Gasteiger partial charge on any atom is 0.262 e. The third-order valence-electron chi connectivity index (χ3n) is 4.06. The molecule has 6 heteroatoms. The van der Waals surface area contributed by atoms with E-state index in [9.17, 15) is 4.79 Å².